The third-order valence-electron chi connectivity index (χ3n) is 7.37. The fourth-order valence-electron chi connectivity index (χ4n) is 5.60. The summed E-state index contributed by atoms with van der Waals surface area (Å²) >= 11 is 0. The van der Waals surface area contributed by atoms with Crippen molar-refractivity contribution in [2.24, 2.45) is 0 Å². The number of benzene rings is 5. The van der Waals surface area contributed by atoms with Gasteiger partial charge in [-0.05, 0) is 88.3 Å². The Bertz CT molecular complexity index is 1440. The second-order valence-electron chi connectivity index (χ2n) is 11.6. The van der Waals surface area contributed by atoms with Crippen LogP contribution in [0.1, 0.15) is 50.1 Å². The Morgan fingerprint density at radius 3 is 0.891 bits per heavy atom. The maximum absolute atomic E-state index is 11.0. The van der Waals surface area contributed by atoms with E-state index < -0.39 is 0 Å². The SMILES string of the molecule is Cc1cc(C)c(N2CCN(c3c(C)cc(C)cc3C)C2=[N-])c(C)c1.[CH2-]c1ccccc1.[CH2-]c1ccccc1.[CH2-]c1ccccc1.[Zr+4]. The van der Waals surface area contributed by atoms with Crippen LogP contribution in [0.25, 0.3) is 5.41 Å². The Morgan fingerprint density at radius 1 is 0.457 bits per heavy atom. The van der Waals surface area contributed by atoms with Crippen molar-refractivity contribution in [2.75, 3.05) is 22.9 Å². The van der Waals surface area contributed by atoms with Crippen molar-refractivity contribution in [2.45, 2.75) is 41.5 Å². The van der Waals surface area contributed by atoms with Crippen molar-refractivity contribution in [3.63, 3.8) is 0 Å². The van der Waals surface area contributed by atoms with E-state index in [9.17, 15) is 5.41 Å². The van der Waals surface area contributed by atoms with E-state index >= 15 is 0 Å². The molecule has 1 aliphatic heterocycles. The molecule has 0 spiro atoms. The van der Waals surface area contributed by atoms with Gasteiger partial charge in [-0.25, -0.2) is 0 Å². The van der Waals surface area contributed by atoms with Gasteiger partial charge >= 0.3 is 26.2 Å². The van der Waals surface area contributed by atoms with Crippen molar-refractivity contribution in [1.82, 2.24) is 0 Å². The molecule has 0 N–H and O–H groups in total. The molecule has 0 amide bonds. The molecular weight excluding hydrogens is 638 g/mol. The fraction of sp³-hybridized carbons (Fsp3) is 0.190. The quantitative estimate of drug-likeness (QED) is 0.173. The Labute approximate surface area is 298 Å². The predicted molar refractivity (Wildman–Crippen MR) is 197 cm³/mol. The molecule has 4 heteroatoms. The van der Waals surface area contributed by atoms with Crippen LogP contribution in [0, 0.1) is 62.3 Å². The molecule has 46 heavy (non-hydrogen) atoms. The van der Waals surface area contributed by atoms with E-state index in [4.69, 9.17) is 0 Å². The van der Waals surface area contributed by atoms with Crippen molar-refractivity contribution in [3.05, 3.63) is 192 Å². The van der Waals surface area contributed by atoms with Gasteiger partial charge in [-0.2, -0.15) is 73.9 Å². The molecule has 1 saturated heterocycles. The molecular formula is C42H47N3Zr. The third-order valence-corrected chi connectivity index (χ3v) is 7.37. The molecule has 3 nitrogen and oxygen atoms in total. The van der Waals surface area contributed by atoms with Gasteiger partial charge in [0.2, 0.25) is 0 Å². The smallest absolute Gasteiger partial charge is 0.397 e. The van der Waals surface area contributed by atoms with Gasteiger partial charge in [0.05, 0.1) is 0 Å². The minimum absolute atomic E-state index is 0. The number of guanidine groups is 1. The minimum atomic E-state index is 0. The number of anilines is 2. The zero-order valence-corrected chi connectivity index (χ0v) is 30.8. The van der Waals surface area contributed by atoms with Gasteiger partial charge in [0.1, 0.15) is 0 Å². The molecule has 1 aliphatic rings. The van der Waals surface area contributed by atoms with Crippen LogP contribution in [0.4, 0.5) is 11.4 Å². The summed E-state index contributed by atoms with van der Waals surface area (Å²) in [5.74, 6) is 0.333. The standard InChI is InChI=1S/C21H26N3.3C7H7.Zr/c1-13-9-15(3)19(16(4)10-13)23-7-8-24(21(23)22)20-17(5)11-14(2)12-18(20)6;3*1-7-5-3-2-4-6-7;/h9-12H,7-8H2,1-6H3;3*2-6H,1H2;/q4*-1;+4. The second kappa shape index (κ2) is 18.7. The summed E-state index contributed by atoms with van der Waals surface area (Å²) in [6, 6.07) is 38.3. The first-order valence-electron chi connectivity index (χ1n) is 15.4. The van der Waals surface area contributed by atoms with Gasteiger partial charge in [-0.1, -0.05) is 53.6 Å². The fourth-order valence-corrected chi connectivity index (χ4v) is 5.60. The summed E-state index contributed by atoms with van der Waals surface area (Å²) in [5.41, 5.74) is 12.8. The molecule has 0 atom stereocenters. The van der Waals surface area contributed by atoms with E-state index in [0.717, 1.165) is 41.2 Å². The van der Waals surface area contributed by atoms with Gasteiger partial charge in [0, 0.05) is 5.96 Å². The molecule has 0 aliphatic carbocycles. The normalized spacial score (nSPS) is 11.6. The van der Waals surface area contributed by atoms with Crippen molar-refractivity contribution in [3.8, 4) is 0 Å². The Kier molecular flexibility index (Phi) is 15.5. The Morgan fingerprint density at radius 2 is 0.696 bits per heavy atom. The largest absolute Gasteiger partial charge is 4.00 e. The summed E-state index contributed by atoms with van der Waals surface area (Å²) in [4.78, 5) is 4.09. The minimum Gasteiger partial charge on any atom is -0.397 e. The zero-order chi connectivity index (χ0) is 32.9. The molecule has 0 unspecified atom stereocenters. The van der Waals surface area contributed by atoms with E-state index in [1.165, 1.54) is 33.4 Å². The van der Waals surface area contributed by atoms with Gasteiger partial charge in [-0.3, -0.25) is 0 Å². The number of rotatable bonds is 2. The molecule has 234 valence electrons. The number of aryl methyl sites for hydroxylation is 6. The summed E-state index contributed by atoms with van der Waals surface area (Å²) in [7, 11) is 0. The molecule has 5 aromatic carbocycles. The zero-order valence-electron chi connectivity index (χ0n) is 28.3. The molecule has 6 rings (SSSR count). The second-order valence-corrected chi connectivity index (χ2v) is 11.6. The van der Waals surface area contributed by atoms with Crippen LogP contribution < -0.4 is 9.80 Å². The average Bonchev–Trinajstić information content (AvgIpc) is 3.34. The molecule has 1 heterocycles. The number of hydrogen-bond acceptors (Lipinski definition) is 0. The van der Waals surface area contributed by atoms with Gasteiger partial charge in [0.25, 0.3) is 0 Å². The van der Waals surface area contributed by atoms with E-state index in [1.807, 2.05) is 101 Å². The molecule has 5 aromatic rings. The van der Waals surface area contributed by atoms with Gasteiger partial charge in [-0.15, -0.1) is 36.4 Å². The van der Waals surface area contributed by atoms with E-state index in [0.29, 0.717) is 5.96 Å². The van der Waals surface area contributed by atoms with E-state index in [1.54, 1.807) is 0 Å². The summed E-state index contributed by atoms with van der Waals surface area (Å²) < 4.78 is 0. The van der Waals surface area contributed by atoms with Crippen LogP contribution in [0.2, 0.25) is 0 Å². The van der Waals surface area contributed by atoms with Crippen molar-refractivity contribution >= 4 is 17.3 Å². The van der Waals surface area contributed by atoms with Crippen LogP contribution in [0.15, 0.2) is 115 Å². The first-order valence-corrected chi connectivity index (χ1v) is 15.4. The predicted octanol–water partition coefficient (Wildman–Crippen LogP) is 10.4. The molecule has 0 saturated carbocycles. The van der Waals surface area contributed by atoms with Crippen molar-refractivity contribution < 1.29 is 26.2 Å². The monoisotopic (exact) mass is 683 g/mol. The van der Waals surface area contributed by atoms with Crippen LogP contribution in [-0.4, -0.2) is 19.0 Å². The van der Waals surface area contributed by atoms with Crippen LogP contribution >= 0.6 is 0 Å². The third kappa shape index (κ3) is 11.3. The topological polar surface area (TPSA) is 28.8 Å². The number of nitrogens with zero attached hydrogens (tertiary/aromatic N) is 3. The number of hydrogen-bond donors (Lipinski definition) is 0. The summed E-state index contributed by atoms with van der Waals surface area (Å²) in [5, 5.41) is 11.0. The van der Waals surface area contributed by atoms with E-state index in [2.05, 4.69) is 86.6 Å². The Hall–Kier alpha value is -4.14. The van der Waals surface area contributed by atoms with Crippen LogP contribution in [0.5, 0.6) is 0 Å². The Balaban J connectivity index is 0.000000270. The summed E-state index contributed by atoms with van der Waals surface area (Å²) in [6.45, 7) is 25.5. The van der Waals surface area contributed by atoms with Gasteiger partial charge < -0.3 is 15.2 Å². The van der Waals surface area contributed by atoms with Gasteiger partial charge in [0.15, 0.2) is 0 Å². The van der Waals surface area contributed by atoms with E-state index in [-0.39, 0.29) is 26.2 Å². The average molecular weight is 685 g/mol. The maximum Gasteiger partial charge on any atom is 4.00 e. The van der Waals surface area contributed by atoms with Crippen molar-refractivity contribution in [1.29, 1.82) is 0 Å². The van der Waals surface area contributed by atoms with Crippen LogP contribution in [-0.2, 0) is 26.2 Å². The first kappa shape index (κ1) is 38.0. The molecule has 0 bridgehead atoms. The first-order chi connectivity index (χ1) is 21.5. The molecule has 0 aromatic heterocycles. The molecule has 0 radical (unpaired) electrons. The summed E-state index contributed by atoms with van der Waals surface area (Å²) in [6.07, 6.45) is 0. The van der Waals surface area contributed by atoms with Crippen LogP contribution in [0.3, 0.4) is 0 Å². The maximum atomic E-state index is 11.0. The molecule has 1 fully saturated rings.